The summed E-state index contributed by atoms with van der Waals surface area (Å²) in [4.78, 5) is 0. The highest BCUT2D eigenvalue weighted by atomic mass is 16.7. The molecule has 4 heteroatoms. The molecule has 172 valence electrons. The Morgan fingerprint density at radius 3 is 2.20 bits per heavy atom. The van der Waals surface area contributed by atoms with Crippen LogP contribution in [0.3, 0.4) is 0 Å². The molecule has 2 rings (SSSR count). The normalized spacial score (nSPS) is 16.2. The minimum absolute atomic E-state index is 0.297. The summed E-state index contributed by atoms with van der Waals surface area (Å²) in [5.41, 5.74) is 2.29. The lowest BCUT2D eigenvalue weighted by molar-refractivity contribution is -0.252. The highest BCUT2D eigenvalue weighted by Crippen LogP contribution is 2.35. The first-order valence-electron chi connectivity index (χ1n) is 12.3. The Balaban J connectivity index is 2.01. The third-order valence-electron chi connectivity index (χ3n) is 5.53. The topological polar surface area (TPSA) is 40.2 Å². The molecular formula is C26H44O4. The first-order valence-corrected chi connectivity index (χ1v) is 12.3. The van der Waals surface area contributed by atoms with Crippen LogP contribution in [0, 0.1) is 0 Å². The first kappa shape index (κ1) is 25.3. The average Bonchev–Trinajstić information content (AvgIpc) is 3.59. The fourth-order valence-electron chi connectivity index (χ4n) is 3.72. The SMILES string of the molecule is CCCCCCCCCC(OCCC)(OCCC)c1cccc(COCC2CO2)c1. The van der Waals surface area contributed by atoms with Crippen LogP contribution < -0.4 is 0 Å². The van der Waals surface area contributed by atoms with Gasteiger partial charge in [0, 0.05) is 12.0 Å². The van der Waals surface area contributed by atoms with Crippen LogP contribution in [-0.2, 0) is 31.3 Å². The van der Waals surface area contributed by atoms with Gasteiger partial charge in [0.25, 0.3) is 0 Å². The molecule has 1 aromatic carbocycles. The molecule has 1 aliphatic rings. The van der Waals surface area contributed by atoms with Gasteiger partial charge in [-0.15, -0.1) is 0 Å². The van der Waals surface area contributed by atoms with E-state index in [2.05, 4.69) is 45.0 Å². The van der Waals surface area contributed by atoms with Gasteiger partial charge in [0.1, 0.15) is 6.10 Å². The van der Waals surface area contributed by atoms with Crippen molar-refractivity contribution < 1.29 is 18.9 Å². The maximum atomic E-state index is 6.44. The lowest BCUT2D eigenvalue weighted by atomic mass is 9.96. The minimum atomic E-state index is -0.648. The Kier molecular flexibility index (Phi) is 12.6. The largest absolute Gasteiger partial charge is 0.374 e. The molecule has 1 fully saturated rings. The van der Waals surface area contributed by atoms with E-state index in [4.69, 9.17) is 18.9 Å². The zero-order valence-electron chi connectivity index (χ0n) is 19.6. The molecule has 0 spiro atoms. The van der Waals surface area contributed by atoms with Gasteiger partial charge < -0.3 is 18.9 Å². The molecule has 0 bridgehead atoms. The molecule has 1 heterocycles. The van der Waals surface area contributed by atoms with Crippen molar-refractivity contribution >= 4 is 0 Å². The summed E-state index contributed by atoms with van der Waals surface area (Å²) >= 11 is 0. The molecule has 0 saturated carbocycles. The maximum Gasteiger partial charge on any atom is 0.194 e. The number of hydrogen-bond donors (Lipinski definition) is 0. The van der Waals surface area contributed by atoms with Crippen molar-refractivity contribution in [3.63, 3.8) is 0 Å². The number of ether oxygens (including phenoxy) is 4. The lowest BCUT2D eigenvalue weighted by Gasteiger charge is -2.35. The van der Waals surface area contributed by atoms with Crippen molar-refractivity contribution in [3.05, 3.63) is 35.4 Å². The molecule has 1 aliphatic heterocycles. The zero-order chi connectivity index (χ0) is 21.5. The summed E-state index contributed by atoms with van der Waals surface area (Å²) in [7, 11) is 0. The van der Waals surface area contributed by atoms with Crippen molar-refractivity contribution in [1.82, 2.24) is 0 Å². The molecule has 1 aromatic rings. The number of rotatable bonds is 19. The summed E-state index contributed by atoms with van der Waals surface area (Å²) < 4.78 is 23.9. The van der Waals surface area contributed by atoms with Gasteiger partial charge in [-0.3, -0.25) is 0 Å². The highest BCUT2D eigenvalue weighted by molar-refractivity contribution is 5.27. The van der Waals surface area contributed by atoms with Crippen LogP contribution in [0.1, 0.15) is 96.1 Å². The summed E-state index contributed by atoms with van der Waals surface area (Å²) in [6.07, 6.45) is 12.2. The molecule has 1 atom stereocenters. The second kappa shape index (κ2) is 15.0. The Morgan fingerprint density at radius 2 is 1.57 bits per heavy atom. The summed E-state index contributed by atoms with van der Waals surface area (Å²) in [5.74, 6) is -0.648. The molecule has 0 aromatic heterocycles. The van der Waals surface area contributed by atoms with Gasteiger partial charge in [-0.05, 0) is 30.9 Å². The van der Waals surface area contributed by atoms with Gasteiger partial charge >= 0.3 is 0 Å². The zero-order valence-corrected chi connectivity index (χ0v) is 19.6. The van der Waals surface area contributed by atoms with Gasteiger partial charge in [0.15, 0.2) is 5.79 Å². The molecule has 0 aliphatic carbocycles. The molecule has 1 saturated heterocycles. The average molecular weight is 421 g/mol. The Morgan fingerprint density at radius 1 is 0.900 bits per heavy atom. The number of hydrogen-bond acceptors (Lipinski definition) is 4. The molecule has 0 N–H and O–H groups in total. The van der Waals surface area contributed by atoms with Crippen LogP contribution in [-0.4, -0.2) is 32.5 Å². The molecule has 4 nitrogen and oxygen atoms in total. The smallest absolute Gasteiger partial charge is 0.194 e. The van der Waals surface area contributed by atoms with Crippen LogP contribution in [0.2, 0.25) is 0 Å². The van der Waals surface area contributed by atoms with E-state index in [1.165, 1.54) is 38.5 Å². The Hall–Kier alpha value is -0.940. The summed E-state index contributed by atoms with van der Waals surface area (Å²) in [6.45, 7) is 10.1. The fourth-order valence-corrected chi connectivity index (χ4v) is 3.72. The molecule has 1 unspecified atom stereocenters. The van der Waals surface area contributed by atoms with Gasteiger partial charge in [-0.25, -0.2) is 0 Å². The predicted molar refractivity (Wildman–Crippen MR) is 123 cm³/mol. The van der Waals surface area contributed by atoms with Crippen LogP contribution in [0.25, 0.3) is 0 Å². The van der Waals surface area contributed by atoms with Crippen molar-refractivity contribution in [2.24, 2.45) is 0 Å². The molecular weight excluding hydrogens is 376 g/mol. The monoisotopic (exact) mass is 420 g/mol. The van der Waals surface area contributed by atoms with E-state index in [0.29, 0.717) is 32.5 Å². The molecule has 0 amide bonds. The minimum Gasteiger partial charge on any atom is -0.374 e. The Labute approximate surface area is 184 Å². The first-order chi connectivity index (χ1) is 14.7. The van der Waals surface area contributed by atoms with E-state index in [0.717, 1.165) is 43.4 Å². The van der Waals surface area contributed by atoms with Gasteiger partial charge in [-0.2, -0.15) is 0 Å². The van der Waals surface area contributed by atoms with E-state index < -0.39 is 5.79 Å². The third-order valence-corrected chi connectivity index (χ3v) is 5.53. The number of unbranched alkanes of at least 4 members (excludes halogenated alkanes) is 6. The van der Waals surface area contributed by atoms with E-state index >= 15 is 0 Å². The van der Waals surface area contributed by atoms with Gasteiger partial charge in [0.05, 0.1) is 33.0 Å². The molecule has 30 heavy (non-hydrogen) atoms. The van der Waals surface area contributed by atoms with E-state index in [-0.39, 0.29) is 0 Å². The van der Waals surface area contributed by atoms with E-state index in [1.807, 2.05) is 0 Å². The summed E-state index contributed by atoms with van der Waals surface area (Å²) in [5, 5.41) is 0. The van der Waals surface area contributed by atoms with E-state index in [1.54, 1.807) is 0 Å². The van der Waals surface area contributed by atoms with Crippen LogP contribution >= 0.6 is 0 Å². The Bertz CT molecular complexity index is 548. The number of epoxide rings is 1. The second-order valence-electron chi connectivity index (χ2n) is 8.49. The molecule has 0 radical (unpaired) electrons. The number of benzene rings is 1. The predicted octanol–water partition coefficient (Wildman–Crippen LogP) is 6.75. The standard InChI is InChI=1S/C26H44O4/c1-4-7-8-9-10-11-12-16-26(29-17-5-2,30-18-6-3)24-15-13-14-23(19-24)20-27-21-25-22-28-25/h13-15,19,25H,4-12,16-18,20-22H2,1-3H3. The van der Waals surface area contributed by atoms with Crippen molar-refractivity contribution in [2.75, 3.05) is 26.4 Å². The van der Waals surface area contributed by atoms with Crippen molar-refractivity contribution in [3.8, 4) is 0 Å². The van der Waals surface area contributed by atoms with Crippen LogP contribution in [0.5, 0.6) is 0 Å². The second-order valence-corrected chi connectivity index (χ2v) is 8.49. The van der Waals surface area contributed by atoms with Crippen LogP contribution in [0.15, 0.2) is 24.3 Å². The van der Waals surface area contributed by atoms with Crippen LogP contribution in [0.4, 0.5) is 0 Å². The third kappa shape index (κ3) is 9.47. The van der Waals surface area contributed by atoms with Gasteiger partial charge in [-0.1, -0.05) is 77.5 Å². The summed E-state index contributed by atoms with van der Waals surface area (Å²) in [6, 6.07) is 8.58. The fraction of sp³-hybridized carbons (Fsp3) is 0.769. The lowest BCUT2D eigenvalue weighted by Crippen LogP contribution is -2.34. The quantitative estimate of drug-likeness (QED) is 0.141. The van der Waals surface area contributed by atoms with E-state index in [9.17, 15) is 0 Å². The highest BCUT2D eigenvalue weighted by Gasteiger charge is 2.34. The maximum absolute atomic E-state index is 6.44. The van der Waals surface area contributed by atoms with Crippen molar-refractivity contribution in [1.29, 1.82) is 0 Å². The van der Waals surface area contributed by atoms with Gasteiger partial charge in [0.2, 0.25) is 0 Å². The van der Waals surface area contributed by atoms with Crippen molar-refractivity contribution in [2.45, 2.75) is 103 Å².